The van der Waals surface area contributed by atoms with Gasteiger partial charge in [0.15, 0.2) is 0 Å². The molecule has 45 heavy (non-hydrogen) atoms. The third kappa shape index (κ3) is 15.8. The molecular weight excluding hydrogens is 552 g/mol. The summed E-state index contributed by atoms with van der Waals surface area (Å²) in [5.74, 6) is 1.05. The van der Waals surface area contributed by atoms with E-state index >= 15 is 0 Å². The fraction of sp³-hybridized carbons (Fsp3) is 1.00. The molecule has 6 atom stereocenters. The van der Waals surface area contributed by atoms with Gasteiger partial charge in [0.05, 0.1) is 24.4 Å². The topological polar surface area (TPSA) is 34.3 Å². The van der Waals surface area contributed by atoms with Gasteiger partial charge < -0.3 is 14.2 Å². The Morgan fingerprint density at radius 2 is 0.711 bits per heavy atom. The minimum absolute atomic E-state index is 0.168. The van der Waals surface area contributed by atoms with Crippen molar-refractivity contribution in [3.63, 3.8) is 0 Å². The van der Waals surface area contributed by atoms with Gasteiger partial charge in [0, 0.05) is 0 Å². The minimum Gasteiger partial charge on any atom is -0.370 e. The molecule has 0 N–H and O–H groups in total. The van der Waals surface area contributed by atoms with E-state index in [1.165, 1.54) is 167 Å². The molecule has 3 heteroatoms. The van der Waals surface area contributed by atoms with Crippen LogP contribution in [-0.2, 0) is 14.2 Å². The second kappa shape index (κ2) is 24.9. The summed E-state index contributed by atoms with van der Waals surface area (Å²) in [5.41, 5.74) is -0.335. The Kier molecular flexibility index (Phi) is 22.8. The molecule has 6 unspecified atom stereocenters. The van der Waals surface area contributed by atoms with Crippen molar-refractivity contribution in [2.24, 2.45) is 11.8 Å². The van der Waals surface area contributed by atoms with Crippen molar-refractivity contribution in [3.05, 3.63) is 0 Å². The molecule has 0 bridgehead atoms. The van der Waals surface area contributed by atoms with Crippen molar-refractivity contribution in [2.75, 3.05) is 13.2 Å². The molecule has 0 aromatic carbocycles. The van der Waals surface area contributed by atoms with Crippen LogP contribution in [0.25, 0.3) is 0 Å². The van der Waals surface area contributed by atoms with Gasteiger partial charge in [-0.1, -0.05) is 196 Å². The Morgan fingerprint density at radius 1 is 0.444 bits per heavy atom. The van der Waals surface area contributed by atoms with Gasteiger partial charge in [-0.25, -0.2) is 0 Å². The lowest BCUT2D eigenvalue weighted by atomic mass is 9.74. The van der Waals surface area contributed by atoms with E-state index in [-0.39, 0.29) is 23.4 Å². The van der Waals surface area contributed by atoms with Gasteiger partial charge >= 0.3 is 0 Å². The molecule has 2 heterocycles. The first-order valence-corrected chi connectivity index (χ1v) is 20.9. The molecule has 0 aliphatic carbocycles. The Labute approximate surface area is 283 Å². The molecule has 2 rings (SSSR count). The standard InChI is InChI=1S/C42H82O3/c1-7-11-15-17-19-21-23-25-29-33-41(39-35-43-39,37(5)31-27-13-9-3)45-42(40-36-44-40,38(6)32-28-14-10-4)34-30-26-24-22-20-18-16-12-8-2/h37-40H,7-36H2,1-6H3. The summed E-state index contributed by atoms with van der Waals surface area (Å²) in [7, 11) is 0. The van der Waals surface area contributed by atoms with E-state index in [9.17, 15) is 0 Å². The van der Waals surface area contributed by atoms with Crippen LogP contribution in [0.4, 0.5) is 0 Å². The highest BCUT2D eigenvalue weighted by Gasteiger charge is 2.60. The van der Waals surface area contributed by atoms with Crippen molar-refractivity contribution < 1.29 is 14.2 Å². The van der Waals surface area contributed by atoms with Crippen LogP contribution in [0.1, 0.15) is 221 Å². The normalized spacial score (nSPS) is 21.7. The predicted octanol–water partition coefficient (Wildman–Crippen LogP) is 13.6. The summed E-state index contributed by atoms with van der Waals surface area (Å²) < 4.78 is 20.5. The first-order chi connectivity index (χ1) is 22.0. The lowest BCUT2D eigenvalue weighted by molar-refractivity contribution is -0.226. The lowest BCUT2D eigenvalue weighted by Gasteiger charge is -2.49. The Balaban J connectivity index is 2.15. The highest BCUT2D eigenvalue weighted by atomic mass is 16.6. The highest BCUT2D eigenvalue weighted by Crippen LogP contribution is 2.51. The average molecular weight is 635 g/mol. The first-order valence-electron chi connectivity index (χ1n) is 20.9. The molecule has 2 aliphatic rings. The Hall–Kier alpha value is -0.120. The summed E-state index contributed by atoms with van der Waals surface area (Å²) in [6.07, 6.45) is 38.0. The van der Waals surface area contributed by atoms with Crippen LogP contribution >= 0.6 is 0 Å². The molecule has 2 saturated heterocycles. The maximum absolute atomic E-state index is 7.95. The number of rotatable bonds is 34. The Morgan fingerprint density at radius 3 is 1.00 bits per heavy atom. The molecule has 0 saturated carbocycles. The summed E-state index contributed by atoms with van der Waals surface area (Å²) in [5, 5.41) is 0. The van der Waals surface area contributed by atoms with Crippen LogP contribution in [0.15, 0.2) is 0 Å². The van der Waals surface area contributed by atoms with Crippen molar-refractivity contribution in [1.82, 2.24) is 0 Å². The van der Waals surface area contributed by atoms with Crippen LogP contribution in [-0.4, -0.2) is 36.6 Å². The summed E-state index contributed by atoms with van der Waals surface area (Å²) in [6, 6.07) is 0. The molecule has 0 spiro atoms. The maximum Gasteiger partial charge on any atom is 0.110 e. The molecule has 0 radical (unpaired) electrons. The van der Waals surface area contributed by atoms with Crippen molar-refractivity contribution in [1.29, 1.82) is 0 Å². The second-order valence-electron chi connectivity index (χ2n) is 15.6. The summed E-state index contributed by atoms with van der Waals surface area (Å²) in [4.78, 5) is 0. The first kappa shape index (κ1) is 41.1. The number of hydrogen-bond acceptors (Lipinski definition) is 3. The van der Waals surface area contributed by atoms with Crippen molar-refractivity contribution >= 4 is 0 Å². The van der Waals surface area contributed by atoms with E-state index in [2.05, 4.69) is 41.5 Å². The molecule has 2 fully saturated rings. The molecule has 0 aromatic rings. The van der Waals surface area contributed by atoms with Gasteiger partial charge in [-0.15, -0.1) is 0 Å². The van der Waals surface area contributed by atoms with Gasteiger partial charge in [-0.2, -0.15) is 0 Å². The lowest BCUT2D eigenvalue weighted by Crippen LogP contribution is -2.57. The quantitative estimate of drug-likeness (QED) is 0.0522. The zero-order chi connectivity index (χ0) is 32.6. The second-order valence-corrected chi connectivity index (χ2v) is 15.6. The summed E-state index contributed by atoms with van der Waals surface area (Å²) >= 11 is 0. The van der Waals surface area contributed by atoms with Gasteiger partial charge in [0.1, 0.15) is 12.2 Å². The number of hydrogen-bond donors (Lipinski definition) is 0. The minimum atomic E-state index is -0.168. The van der Waals surface area contributed by atoms with E-state index in [1.807, 2.05) is 0 Å². The molecular formula is C42H82O3. The largest absolute Gasteiger partial charge is 0.370 e. The highest BCUT2D eigenvalue weighted by molar-refractivity contribution is 5.07. The zero-order valence-corrected chi connectivity index (χ0v) is 31.7. The third-order valence-electron chi connectivity index (χ3n) is 11.6. The Bertz CT molecular complexity index is 617. The average Bonchev–Trinajstić information content (AvgIpc) is 3.96. The molecule has 0 aromatic heterocycles. The van der Waals surface area contributed by atoms with Crippen molar-refractivity contribution in [2.45, 2.75) is 245 Å². The number of unbranched alkanes of at least 4 members (excludes halogenated alkanes) is 20. The van der Waals surface area contributed by atoms with Crippen LogP contribution in [0.2, 0.25) is 0 Å². The monoisotopic (exact) mass is 635 g/mol. The van der Waals surface area contributed by atoms with E-state index in [0.29, 0.717) is 11.8 Å². The van der Waals surface area contributed by atoms with Crippen molar-refractivity contribution in [3.8, 4) is 0 Å². The van der Waals surface area contributed by atoms with Crippen LogP contribution in [0.5, 0.6) is 0 Å². The van der Waals surface area contributed by atoms with E-state index in [4.69, 9.17) is 14.2 Å². The van der Waals surface area contributed by atoms with Crippen LogP contribution in [0.3, 0.4) is 0 Å². The number of epoxide rings is 2. The zero-order valence-electron chi connectivity index (χ0n) is 31.7. The molecule has 0 amide bonds. The SMILES string of the molecule is CCCCCCCCCCCC(OC(CCCCCCCCCCC)(C(C)CCCCC)C1CO1)(C(C)CCCCC)C1CO1. The third-order valence-corrected chi connectivity index (χ3v) is 11.6. The molecule has 3 nitrogen and oxygen atoms in total. The van der Waals surface area contributed by atoms with Gasteiger partial charge in [-0.3, -0.25) is 0 Å². The molecule has 2 aliphatic heterocycles. The van der Waals surface area contributed by atoms with E-state index in [0.717, 1.165) is 26.1 Å². The van der Waals surface area contributed by atoms with Crippen LogP contribution in [0, 0.1) is 11.8 Å². The van der Waals surface area contributed by atoms with Crippen LogP contribution < -0.4 is 0 Å². The van der Waals surface area contributed by atoms with Gasteiger partial charge in [-0.05, 0) is 37.5 Å². The summed E-state index contributed by atoms with van der Waals surface area (Å²) in [6.45, 7) is 16.1. The fourth-order valence-electron chi connectivity index (χ4n) is 8.21. The van der Waals surface area contributed by atoms with Gasteiger partial charge in [0.2, 0.25) is 0 Å². The number of ether oxygens (including phenoxy) is 3. The predicted molar refractivity (Wildman–Crippen MR) is 196 cm³/mol. The van der Waals surface area contributed by atoms with E-state index < -0.39 is 0 Å². The van der Waals surface area contributed by atoms with E-state index in [1.54, 1.807) is 0 Å². The maximum atomic E-state index is 7.95. The molecule has 268 valence electrons. The smallest absolute Gasteiger partial charge is 0.110 e. The van der Waals surface area contributed by atoms with Gasteiger partial charge in [0.25, 0.3) is 0 Å². The fourth-order valence-corrected chi connectivity index (χ4v) is 8.21.